The number of hydrogen-bond donors (Lipinski definition) is 2. The Morgan fingerprint density at radius 3 is 2.39 bits per heavy atom. The number of fused-ring (bicyclic) bond motifs is 1. The van der Waals surface area contributed by atoms with Gasteiger partial charge in [-0.15, -0.1) is 0 Å². The second-order valence-corrected chi connectivity index (χ2v) is 10.6. The average Bonchev–Trinajstić information content (AvgIpc) is 3.51. The molecule has 0 radical (unpaired) electrons. The van der Waals surface area contributed by atoms with Crippen LogP contribution in [0, 0.1) is 5.92 Å². The maximum atomic E-state index is 13.1. The first-order valence-electron chi connectivity index (χ1n) is 14.1. The van der Waals surface area contributed by atoms with Gasteiger partial charge >= 0.3 is 6.03 Å². The molecule has 1 aromatic rings. The summed E-state index contributed by atoms with van der Waals surface area (Å²) < 4.78 is 0. The lowest BCUT2D eigenvalue weighted by Gasteiger charge is -2.33. The fourth-order valence-corrected chi connectivity index (χ4v) is 5.86. The third-order valence-corrected chi connectivity index (χ3v) is 8.08. The van der Waals surface area contributed by atoms with Crippen molar-refractivity contribution in [3.8, 4) is 0 Å². The van der Waals surface area contributed by atoms with Crippen LogP contribution in [0.2, 0.25) is 0 Å². The Morgan fingerprint density at radius 2 is 1.74 bits per heavy atom. The zero-order valence-electron chi connectivity index (χ0n) is 22.9. The first-order valence-corrected chi connectivity index (χ1v) is 14.1. The third kappa shape index (κ3) is 6.11. The van der Waals surface area contributed by atoms with Gasteiger partial charge in [0.2, 0.25) is 5.91 Å². The van der Waals surface area contributed by atoms with Gasteiger partial charge in [-0.3, -0.25) is 14.4 Å². The number of piperazine rings is 1. The highest BCUT2D eigenvalue weighted by Gasteiger charge is 2.52. The topological polar surface area (TPSA) is 105 Å². The van der Waals surface area contributed by atoms with Crippen LogP contribution in [0.5, 0.6) is 0 Å². The molecule has 0 spiro atoms. The smallest absolute Gasteiger partial charge is 0.320 e. The van der Waals surface area contributed by atoms with Crippen molar-refractivity contribution >= 4 is 29.3 Å². The molecule has 3 unspecified atom stereocenters. The Bertz CT molecular complexity index is 1010. The number of nitrogens with zero attached hydrogens (tertiary/aromatic N) is 4. The quantitative estimate of drug-likeness (QED) is 0.506. The summed E-state index contributed by atoms with van der Waals surface area (Å²) in [7, 11) is 0. The first-order chi connectivity index (χ1) is 18.3. The Balaban J connectivity index is 1.23. The molecule has 0 aromatic heterocycles. The molecule has 3 heterocycles. The van der Waals surface area contributed by atoms with Crippen LogP contribution in [0.25, 0.3) is 0 Å². The molecule has 3 atom stereocenters. The van der Waals surface area contributed by atoms with Crippen LogP contribution in [0.4, 0.5) is 10.5 Å². The van der Waals surface area contributed by atoms with Gasteiger partial charge in [0.1, 0.15) is 6.04 Å². The highest BCUT2D eigenvalue weighted by Crippen LogP contribution is 2.31. The summed E-state index contributed by atoms with van der Waals surface area (Å²) in [6.07, 6.45) is 1.62. The molecule has 2 N–H and O–H groups in total. The molecule has 0 saturated carbocycles. The van der Waals surface area contributed by atoms with E-state index in [0.717, 1.165) is 31.9 Å². The normalized spacial score (nSPS) is 21.9. The van der Waals surface area contributed by atoms with Crippen molar-refractivity contribution < 1.29 is 19.2 Å². The minimum Gasteiger partial charge on any atom is -0.372 e. The zero-order valence-corrected chi connectivity index (χ0v) is 22.9. The van der Waals surface area contributed by atoms with Gasteiger partial charge in [-0.25, -0.2) is 4.79 Å². The van der Waals surface area contributed by atoms with Crippen LogP contribution in [0.1, 0.15) is 50.4 Å². The summed E-state index contributed by atoms with van der Waals surface area (Å²) in [5, 5.41) is 6.19. The summed E-state index contributed by atoms with van der Waals surface area (Å²) in [4.78, 5) is 59.0. The van der Waals surface area contributed by atoms with Crippen molar-refractivity contribution in [1.82, 2.24) is 25.3 Å². The number of Topliss-reactive ketones (excluding diaryl/α,β-unsaturated/α-hetero) is 1. The molecule has 3 aliphatic rings. The van der Waals surface area contributed by atoms with Gasteiger partial charge < -0.3 is 30.2 Å². The van der Waals surface area contributed by atoms with Crippen molar-refractivity contribution in [1.29, 1.82) is 0 Å². The van der Waals surface area contributed by atoms with Crippen molar-refractivity contribution in [2.24, 2.45) is 5.92 Å². The highest BCUT2D eigenvalue weighted by molar-refractivity contribution is 5.97. The van der Waals surface area contributed by atoms with E-state index in [1.54, 1.807) is 14.7 Å². The Labute approximate surface area is 225 Å². The van der Waals surface area contributed by atoms with E-state index in [1.165, 1.54) is 0 Å². The fraction of sp³-hybridized carbons (Fsp3) is 0.643. The van der Waals surface area contributed by atoms with Gasteiger partial charge in [-0.1, -0.05) is 6.92 Å². The maximum Gasteiger partial charge on any atom is 0.320 e. The lowest BCUT2D eigenvalue weighted by Crippen LogP contribution is -2.53. The minimum absolute atomic E-state index is 0.0451. The molecule has 3 fully saturated rings. The van der Waals surface area contributed by atoms with Crippen LogP contribution in [-0.2, 0) is 9.59 Å². The number of carbonyl (C=O) groups is 4. The number of urea groups is 1. The summed E-state index contributed by atoms with van der Waals surface area (Å²) in [6, 6.07) is 6.78. The van der Waals surface area contributed by atoms with Gasteiger partial charge in [0, 0.05) is 70.0 Å². The third-order valence-electron chi connectivity index (χ3n) is 8.08. The minimum atomic E-state index is -0.527. The molecule has 1 aromatic carbocycles. The van der Waals surface area contributed by atoms with Crippen LogP contribution in [-0.4, -0.2) is 109 Å². The van der Waals surface area contributed by atoms with E-state index < -0.39 is 6.04 Å². The predicted octanol–water partition coefficient (Wildman–Crippen LogP) is 1.56. The van der Waals surface area contributed by atoms with Crippen molar-refractivity contribution in [2.75, 3.05) is 63.8 Å². The summed E-state index contributed by atoms with van der Waals surface area (Å²) in [6.45, 7) is 11.9. The van der Waals surface area contributed by atoms with E-state index in [4.69, 9.17) is 0 Å². The lowest BCUT2D eigenvalue weighted by molar-refractivity contribution is -0.137. The maximum absolute atomic E-state index is 13.1. The largest absolute Gasteiger partial charge is 0.372 e. The number of amides is 4. The lowest BCUT2D eigenvalue weighted by atomic mass is 10.0. The number of ketones is 1. The second kappa shape index (κ2) is 12.6. The predicted molar refractivity (Wildman–Crippen MR) is 146 cm³/mol. The van der Waals surface area contributed by atoms with Crippen molar-refractivity contribution in [2.45, 2.75) is 52.1 Å². The molecule has 10 nitrogen and oxygen atoms in total. The van der Waals surface area contributed by atoms with Crippen LogP contribution >= 0.6 is 0 Å². The molecule has 38 heavy (non-hydrogen) atoms. The average molecular weight is 527 g/mol. The Hall–Kier alpha value is -3.14. The number of nitrogens with one attached hydrogen (secondary N) is 2. The number of hydrogen-bond acceptors (Lipinski definition) is 6. The van der Waals surface area contributed by atoms with Gasteiger partial charge in [0.05, 0.1) is 12.6 Å². The standard InChI is InChI=1S/C28H42N6O4/c1-4-31(5-2)22-8-6-21(7-9-22)27(37)30-12-10-20(3)18-25(36)33-15-11-23-26(33)24(35)19-34(23)28(38)32-16-13-29-14-17-32/h6-9,20,23,26,29H,4-5,10-19H2,1-3H3,(H,30,37). The SMILES string of the molecule is CCN(CC)c1ccc(C(=O)NCCC(C)CC(=O)N2CCC3C2C(=O)CN3C(=O)N2CCNCC2)cc1. The summed E-state index contributed by atoms with van der Waals surface area (Å²) in [5.41, 5.74) is 1.72. The van der Waals surface area contributed by atoms with E-state index in [2.05, 4.69) is 29.4 Å². The van der Waals surface area contributed by atoms with E-state index >= 15 is 0 Å². The molecule has 0 bridgehead atoms. The summed E-state index contributed by atoms with van der Waals surface area (Å²) in [5.74, 6) is -0.158. The molecule has 10 heteroatoms. The molecule has 3 saturated heterocycles. The van der Waals surface area contributed by atoms with Crippen LogP contribution in [0.15, 0.2) is 24.3 Å². The molecule has 4 amide bonds. The number of likely N-dealkylation sites (tertiary alicyclic amines) is 2. The first kappa shape index (κ1) is 27.9. The van der Waals surface area contributed by atoms with Crippen LogP contribution in [0.3, 0.4) is 0 Å². The van der Waals surface area contributed by atoms with Crippen molar-refractivity contribution in [3.63, 3.8) is 0 Å². The zero-order chi connectivity index (χ0) is 27.2. The molecular formula is C28H42N6O4. The Kier molecular flexibility index (Phi) is 9.25. The summed E-state index contributed by atoms with van der Waals surface area (Å²) >= 11 is 0. The number of carbonyl (C=O) groups excluding carboxylic acids is 4. The van der Waals surface area contributed by atoms with E-state index in [0.29, 0.717) is 51.0 Å². The van der Waals surface area contributed by atoms with Crippen molar-refractivity contribution in [3.05, 3.63) is 29.8 Å². The number of anilines is 1. The van der Waals surface area contributed by atoms with Gasteiger partial charge in [0.15, 0.2) is 5.78 Å². The number of rotatable bonds is 9. The van der Waals surface area contributed by atoms with E-state index in [-0.39, 0.29) is 42.1 Å². The molecule has 208 valence electrons. The van der Waals surface area contributed by atoms with Gasteiger partial charge in [0.25, 0.3) is 5.91 Å². The Morgan fingerprint density at radius 1 is 1.05 bits per heavy atom. The van der Waals surface area contributed by atoms with E-state index in [9.17, 15) is 19.2 Å². The van der Waals surface area contributed by atoms with E-state index in [1.807, 2.05) is 31.2 Å². The molecular weight excluding hydrogens is 484 g/mol. The molecule has 3 aliphatic heterocycles. The van der Waals surface area contributed by atoms with Gasteiger partial charge in [-0.05, 0) is 56.9 Å². The van der Waals surface area contributed by atoms with Gasteiger partial charge in [-0.2, -0.15) is 0 Å². The monoisotopic (exact) mass is 526 g/mol. The molecule has 4 rings (SSSR count). The van der Waals surface area contributed by atoms with Crippen LogP contribution < -0.4 is 15.5 Å². The fourth-order valence-electron chi connectivity index (χ4n) is 5.86. The molecule has 0 aliphatic carbocycles. The second-order valence-electron chi connectivity index (χ2n) is 10.6. The number of benzene rings is 1. The highest BCUT2D eigenvalue weighted by atomic mass is 16.2.